The largest absolute Gasteiger partial charge is 0.304 e. The molecule has 0 aliphatic heterocycles. The second-order valence-electron chi connectivity index (χ2n) is 3.47. The van der Waals surface area contributed by atoms with Gasteiger partial charge in [0.1, 0.15) is 0 Å². The zero-order valence-corrected chi connectivity index (χ0v) is 8.65. The molecule has 0 aliphatic carbocycles. The zero-order chi connectivity index (χ0) is 11.4. The van der Waals surface area contributed by atoms with Crippen molar-refractivity contribution in [1.29, 1.82) is 5.41 Å². The van der Waals surface area contributed by atoms with E-state index in [2.05, 4.69) is 4.98 Å². The predicted octanol–water partition coefficient (Wildman–Crippen LogP) is 2.83. The van der Waals surface area contributed by atoms with Gasteiger partial charge >= 0.3 is 0 Å². The third kappa shape index (κ3) is 2.31. The molecule has 0 saturated heterocycles. The predicted molar refractivity (Wildman–Crippen MR) is 61.2 cm³/mol. The van der Waals surface area contributed by atoms with Gasteiger partial charge in [0.15, 0.2) is 0 Å². The highest BCUT2D eigenvalue weighted by atomic mass is 19.1. The summed E-state index contributed by atoms with van der Waals surface area (Å²) in [5.41, 5.74) is 1.66. The average Bonchev–Trinajstić information content (AvgIpc) is 2.33. The standard InChI is InChI=1S/C13H11FN2/c14-13-11(7-4-8-16-13)9-12(15)10-5-2-1-3-6-10/h1-8,15H,9H2. The average molecular weight is 214 g/mol. The number of nitrogens with one attached hydrogen (secondary N) is 1. The fraction of sp³-hybridized carbons (Fsp3) is 0.0769. The minimum absolute atomic E-state index is 0.268. The minimum Gasteiger partial charge on any atom is -0.304 e. The minimum atomic E-state index is -0.497. The molecule has 2 aromatic rings. The van der Waals surface area contributed by atoms with Crippen LogP contribution in [0.25, 0.3) is 0 Å². The second kappa shape index (κ2) is 4.66. The number of hydrogen-bond donors (Lipinski definition) is 1. The van der Waals surface area contributed by atoms with E-state index in [0.29, 0.717) is 11.3 Å². The normalized spacial score (nSPS) is 10.1. The van der Waals surface area contributed by atoms with Crippen molar-refractivity contribution in [2.45, 2.75) is 6.42 Å². The first-order chi connectivity index (χ1) is 7.77. The Balaban J connectivity index is 2.18. The van der Waals surface area contributed by atoms with E-state index >= 15 is 0 Å². The van der Waals surface area contributed by atoms with E-state index in [1.165, 1.54) is 6.20 Å². The molecule has 0 saturated carbocycles. The SMILES string of the molecule is N=C(Cc1cccnc1F)c1ccccc1. The van der Waals surface area contributed by atoms with E-state index < -0.39 is 5.95 Å². The molecule has 1 aromatic heterocycles. The van der Waals surface area contributed by atoms with Gasteiger partial charge in [-0.25, -0.2) is 4.98 Å². The number of pyridine rings is 1. The first kappa shape index (κ1) is 10.5. The van der Waals surface area contributed by atoms with Crippen LogP contribution in [0.3, 0.4) is 0 Å². The van der Waals surface area contributed by atoms with Crippen LogP contribution in [-0.4, -0.2) is 10.7 Å². The van der Waals surface area contributed by atoms with Crippen molar-refractivity contribution in [3.8, 4) is 0 Å². The molecule has 1 heterocycles. The van der Waals surface area contributed by atoms with Crippen molar-refractivity contribution in [3.05, 3.63) is 65.7 Å². The van der Waals surface area contributed by atoms with Gasteiger partial charge in [-0.2, -0.15) is 4.39 Å². The van der Waals surface area contributed by atoms with E-state index in [0.717, 1.165) is 5.56 Å². The summed E-state index contributed by atoms with van der Waals surface area (Å²) < 4.78 is 13.3. The molecule has 80 valence electrons. The summed E-state index contributed by atoms with van der Waals surface area (Å²) in [4.78, 5) is 3.56. The Labute approximate surface area is 93.3 Å². The molecule has 1 aromatic carbocycles. The Kier molecular flexibility index (Phi) is 3.05. The van der Waals surface area contributed by atoms with Gasteiger partial charge < -0.3 is 5.41 Å². The van der Waals surface area contributed by atoms with Crippen LogP contribution in [0.1, 0.15) is 11.1 Å². The highest BCUT2D eigenvalue weighted by Gasteiger charge is 2.06. The van der Waals surface area contributed by atoms with Gasteiger partial charge in [-0.1, -0.05) is 36.4 Å². The van der Waals surface area contributed by atoms with Gasteiger partial charge in [0, 0.05) is 23.9 Å². The van der Waals surface area contributed by atoms with Crippen molar-refractivity contribution < 1.29 is 4.39 Å². The maximum Gasteiger partial charge on any atom is 0.216 e. The van der Waals surface area contributed by atoms with Crippen molar-refractivity contribution in [1.82, 2.24) is 4.98 Å². The van der Waals surface area contributed by atoms with Crippen LogP contribution in [0.15, 0.2) is 48.7 Å². The Bertz CT molecular complexity index is 494. The van der Waals surface area contributed by atoms with Crippen molar-refractivity contribution in [2.75, 3.05) is 0 Å². The van der Waals surface area contributed by atoms with Crippen LogP contribution in [0.4, 0.5) is 4.39 Å². The fourth-order valence-electron chi connectivity index (χ4n) is 1.48. The van der Waals surface area contributed by atoms with Crippen LogP contribution in [0.5, 0.6) is 0 Å². The molecule has 16 heavy (non-hydrogen) atoms. The van der Waals surface area contributed by atoms with E-state index in [-0.39, 0.29) is 6.42 Å². The molecule has 2 rings (SSSR count). The number of aromatic nitrogens is 1. The van der Waals surface area contributed by atoms with Crippen LogP contribution >= 0.6 is 0 Å². The van der Waals surface area contributed by atoms with Crippen molar-refractivity contribution in [3.63, 3.8) is 0 Å². The lowest BCUT2D eigenvalue weighted by molar-refractivity contribution is 0.572. The van der Waals surface area contributed by atoms with Gasteiger partial charge in [-0.3, -0.25) is 0 Å². The Morgan fingerprint density at radius 2 is 1.88 bits per heavy atom. The summed E-state index contributed by atoms with van der Waals surface area (Å²) >= 11 is 0. The maximum atomic E-state index is 13.3. The van der Waals surface area contributed by atoms with Crippen LogP contribution in [0, 0.1) is 11.4 Å². The summed E-state index contributed by atoms with van der Waals surface area (Å²) in [5, 5.41) is 7.87. The highest BCUT2D eigenvalue weighted by Crippen LogP contribution is 2.09. The summed E-state index contributed by atoms with van der Waals surface area (Å²) in [7, 11) is 0. The molecule has 0 unspecified atom stereocenters. The van der Waals surface area contributed by atoms with Crippen molar-refractivity contribution >= 4 is 5.71 Å². The van der Waals surface area contributed by atoms with E-state index in [4.69, 9.17) is 5.41 Å². The van der Waals surface area contributed by atoms with E-state index in [9.17, 15) is 4.39 Å². The van der Waals surface area contributed by atoms with Crippen LogP contribution in [-0.2, 0) is 6.42 Å². The monoisotopic (exact) mass is 214 g/mol. The molecule has 0 atom stereocenters. The quantitative estimate of drug-likeness (QED) is 0.619. The molecule has 0 aliphatic rings. The van der Waals surface area contributed by atoms with E-state index in [1.54, 1.807) is 12.1 Å². The fourth-order valence-corrected chi connectivity index (χ4v) is 1.48. The molecule has 0 spiro atoms. The van der Waals surface area contributed by atoms with E-state index in [1.807, 2.05) is 30.3 Å². The molecule has 0 fully saturated rings. The Hall–Kier alpha value is -2.03. The molecule has 0 amide bonds. The van der Waals surface area contributed by atoms with Gasteiger partial charge in [-0.05, 0) is 11.6 Å². The molecular formula is C13H11FN2. The summed E-state index contributed by atoms with van der Waals surface area (Å²) in [5.74, 6) is -0.497. The lowest BCUT2D eigenvalue weighted by Crippen LogP contribution is -2.05. The van der Waals surface area contributed by atoms with Crippen molar-refractivity contribution in [2.24, 2.45) is 0 Å². The molecule has 0 bridgehead atoms. The molecular weight excluding hydrogens is 203 g/mol. The van der Waals surface area contributed by atoms with Gasteiger partial charge in [0.25, 0.3) is 0 Å². The Morgan fingerprint density at radius 3 is 2.56 bits per heavy atom. The molecule has 3 heteroatoms. The zero-order valence-electron chi connectivity index (χ0n) is 8.65. The first-order valence-electron chi connectivity index (χ1n) is 4.99. The summed E-state index contributed by atoms with van der Waals surface area (Å²) in [6.45, 7) is 0. The highest BCUT2D eigenvalue weighted by molar-refractivity contribution is 5.99. The van der Waals surface area contributed by atoms with Gasteiger partial charge in [-0.15, -0.1) is 0 Å². The van der Waals surface area contributed by atoms with Gasteiger partial charge in [0.2, 0.25) is 5.95 Å². The number of benzene rings is 1. The molecule has 1 N–H and O–H groups in total. The van der Waals surface area contributed by atoms with Gasteiger partial charge in [0.05, 0.1) is 0 Å². The third-order valence-corrected chi connectivity index (χ3v) is 2.33. The smallest absolute Gasteiger partial charge is 0.216 e. The number of hydrogen-bond acceptors (Lipinski definition) is 2. The van der Waals surface area contributed by atoms with Crippen LogP contribution < -0.4 is 0 Å². The Morgan fingerprint density at radius 1 is 1.12 bits per heavy atom. The lowest BCUT2D eigenvalue weighted by atomic mass is 10.0. The maximum absolute atomic E-state index is 13.3. The molecule has 0 radical (unpaired) electrons. The molecule has 2 nitrogen and oxygen atoms in total. The first-order valence-corrected chi connectivity index (χ1v) is 4.99. The third-order valence-electron chi connectivity index (χ3n) is 2.33. The van der Waals surface area contributed by atoms with Crippen LogP contribution in [0.2, 0.25) is 0 Å². The summed E-state index contributed by atoms with van der Waals surface area (Å²) in [6, 6.07) is 12.6. The number of halogens is 1. The number of rotatable bonds is 3. The second-order valence-corrected chi connectivity index (χ2v) is 3.47. The summed E-state index contributed by atoms with van der Waals surface area (Å²) in [6.07, 6.45) is 1.68. The topological polar surface area (TPSA) is 36.7 Å². The number of nitrogens with zero attached hydrogens (tertiary/aromatic N) is 1. The lowest BCUT2D eigenvalue weighted by Gasteiger charge is -2.04.